The molecule has 0 aliphatic carbocycles. The van der Waals surface area contributed by atoms with Crippen LogP contribution >= 0.6 is 27.3 Å². The second-order valence-corrected chi connectivity index (χ2v) is 5.58. The number of hydrogen-bond donors (Lipinski definition) is 1. The van der Waals surface area contributed by atoms with Gasteiger partial charge in [-0.3, -0.25) is 0 Å². The van der Waals surface area contributed by atoms with Crippen LogP contribution in [0.3, 0.4) is 0 Å². The van der Waals surface area contributed by atoms with Crippen LogP contribution in [0.4, 0.5) is 0 Å². The average molecular weight is 316 g/mol. The Morgan fingerprint density at radius 2 is 2.24 bits per heavy atom. The first-order chi connectivity index (χ1) is 7.99. The Labute approximate surface area is 110 Å². The maximum atomic E-state index is 11.1. The maximum absolute atomic E-state index is 11.1. The lowest BCUT2D eigenvalue weighted by Gasteiger charge is -2.00. The first-order valence-corrected chi connectivity index (χ1v) is 6.59. The fourth-order valence-corrected chi connectivity index (χ4v) is 2.74. The van der Waals surface area contributed by atoms with E-state index in [0.717, 1.165) is 11.3 Å². The average Bonchev–Trinajstić information content (AvgIpc) is 2.82. The number of carbonyl (C=O) groups is 1. The van der Waals surface area contributed by atoms with E-state index < -0.39 is 5.97 Å². The zero-order valence-corrected chi connectivity index (χ0v) is 11.6. The second kappa shape index (κ2) is 4.62. The molecule has 2 aromatic heterocycles. The minimum absolute atomic E-state index is 0.0736. The molecule has 0 spiro atoms. The third-order valence-electron chi connectivity index (χ3n) is 2.18. The number of thiazole rings is 1. The van der Waals surface area contributed by atoms with E-state index in [0.29, 0.717) is 21.1 Å². The van der Waals surface area contributed by atoms with Crippen molar-refractivity contribution in [2.24, 2.45) is 0 Å². The number of halogens is 1. The highest BCUT2D eigenvalue weighted by Gasteiger charge is 2.21. The van der Waals surface area contributed by atoms with Crippen LogP contribution in [0, 0.1) is 0 Å². The van der Waals surface area contributed by atoms with Crippen LogP contribution < -0.4 is 0 Å². The Bertz CT molecular complexity index is 559. The van der Waals surface area contributed by atoms with Gasteiger partial charge in [0.15, 0.2) is 15.4 Å². The SMILES string of the molecule is CC(C)c1nc(-c2ccc(Br)o2)sc1C(=O)O. The number of hydrogen-bond acceptors (Lipinski definition) is 4. The third kappa shape index (κ3) is 2.42. The fourth-order valence-electron chi connectivity index (χ4n) is 1.41. The van der Waals surface area contributed by atoms with Crippen molar-refractivity contribution >= 4 is 33.2 Å². The molecule has 0 fully saturated rings. The van der Waals surface area contributed by atoms with E-state index in [1.807, 2.05) is 13.8 Å². The van der Waals surface area contributed by atoms with Gasteiger partial charge in [-0.15, -0.1) is 11.3 Å². The van der Waals surface area contributed by atoms with Crippen LogP contribution in [-0.4, -0.2) is 16.1 Å². The summed E-state index contributed by atoms with van der Waals surface area (Å²) in [7, 11) is 0. The molecule has 0 unspecified atom stereocenters. The van der Waals surface area contributed by atoms with E-state index in [1.165, 1.54) is 0 Å². The van der Waals surface area contributed by atoms with Crippen molar-refractivity contribution in [2.45, 2.75) is 19.8 Å². The topological polar surface area (TPSA) is 63.3 Å². The molecule has 2 aromatic rings. The number of carboxylic acids is 1. The van der Waals surface area contributed by atoms with E-state index in [1.54, 1.807) is 12.1 Å². The lowest BCUT2D eigenvalue weighted by molar-refractivity contribution is 0.0700. The van der Waals surface area contributed by atoms with Gasteiger partial charge < -0.3 is 9.52 Å². The number of aromatic nitrogens is 1. The Morgan fingerprint density at radius 3 is 2.65 bits per heavy atom. The zero-order valence-electron chi connectivity index (χ0n) is 9.23. The quantitative estimate of drug-likeness (QED) is 0.930. The van der Waals surface area contributed by atoms with Crippen molar-refractivity contribution in [2.75, 3.05) is 0 Å². The lowest BCUT2D eigenvalue weighted by atomic mass is 10.1. The number of nitrogens with zero attached hydrogens (tertiary/aromatic N) is 1. The van der Waals surface area contributed by atoms with Gasteiger partial charge in [-0.2, -0.15) is 0 Å². The minimum Gasteiger partial charge on any atom is -0.477 e. The Kier molecular flexibility index (Phi) is 3.35. The van der Waals surface area contributed by atoms with Crippen LogP contribution in [0.15, 0.2) is 21.2 Å². The van der Waals surface area contributed by atoms with Crippen molar-refractivity contribution in [1.29, 1.82) is 0 Å². The highest BCUT2D eigenvalue weighted by molar-refractivity contribution is 9.10. The summed E-state index contributed by atoms with van der Waals surface area (Å²) in [5, 5.41) is 9.70. The molecule has 17 heavy (non-hydrogen) atoms. The summed E-state index contributed by atoms with van der Waals surface area (Å²) in [6.07, 6.45) is 0. The summed E-state index contributed by atoms with van der Waals surface area (Å²) in [5.41, 5.74) is 0.602. The highest BCUT2D eigenvalue weighted by atomic mass is 79.9. The van der Waals surface area contributed by atoms with Crippen LogP contribution in [0.2, 0.25) is 0 Å². The predicted octanol–water partition coefficient (Wildman–Crippen LogP) is 3.99. The zero-order chi connectivity index (χ0) is 12.6. The first-order valence-electron chi connectivity index (χ1n) is 4.98. The monoisotopic (exact) mass is 315 g/mol. The normalized spacial score (nSPS) is 11.1. The van der Waals surface area contributed by atoms with Gasteiger partial charge in [0, 0.05) is 0 Å². The Hall–Kier alpha value is -1.14. The standard InChI is InChI=1S/C11H10BrNO3S/c1-5(2)8-9(11(14)15)17-10(13-8)6-3-4-7(12)16-6/h3-5H,1-2H3,(H,14,15). The van der Waals surface area contributed by atoms with E-state index in [-0.39, 0.29) is 10.8 Å². The smallest absolute Gasteiger partial charge is 0.347 e. The predicted molar refractivity (Wildman–Crippen MR) is 68.6 cm³/mol. The molecule has 0 aliphatic rings. The molecule has 0 amide bonds. The van der Waals surface area contributed by atoms with Gasteiger partial charge in [-0.05, 0) is 34.0 Å². The maximum Gasteiger partial charge on any atom is 0.347 e. The summed E-state index contributed by atoms with van der Waals surface area (Å²) in [6, 6.07) is 3.52. The summed E-state index contributed by atoms with van der Waals surface area (Å²) in [4.78, 5) is 15.7. The van der Waals surface area contributed by atoms with Crippen molar-refractivity contribution < 1.29 is 14.3 Å². The molecule has 0 radical (unpaired) electrons. The van der Waals surface area contributed by atoms with Gasteiger partial charge in [-0.25, -0.2) is 9.78 Å². The number of rotatable bonds is 3. The van der Waals surface area contributed by atoms with E-state index in [4.69, 9.17) is 9.52 Å². The van der Waals surface area contributed by atoms with Gasteiger partial charge in [0.1, 0.15) is 4.88 Å². The van der Waals surface area contributed by atoms with Gasteiger partial charge >= 0.3 is 5.97 Å². The van der Waals surface area contributed by atoms with Crippen LogP contribution in [0.25, 0.3) is 10.8 Å². The molecule has 2 rings (SSSR count). The molecule has 0 aromatic carbocycles. The van der Waals surface area contributed by atoms with Crippen molar-refractivity contribution in [3.8, 4) is 10.8 Å². The largest absolute Gasteiger partial charge is 0.477 e. The number of aromatic carboxylic acids is 1. The van der Waals surface area contributed by atoms with E-state index >= 15 is 0 Å². The molecule has 0 aliphatic heterocycles. The molecule has 0 saturated heterocycles. The summed E-state index contributed by atoms with van der Waals surface area (Å²) in [6.45, 7) is 3.84. The number of carboxylic acid groups (broad SMARTS) is 1. The molecule has 0 bridgehead atoms. The molecule has 0 saturated carbocycles. The lowest BCUT2D eigenvalue weighted by Crippen LogP contribution is -2.00. The van der Waals surface area contributed by atoms with Gasteiger partial charge in [0.2, 0.25) is 0 Å². The molecule has 2 heterocycles. The summed E-state index contributed by atoms with van der Waals surface area (Å²) in [5.74, 6) is -0.288. The van der Waals surface area contributed by atoms with Crippen LogP contribution in [0.1, 0.15) is 35.1 Å². The van der Waals surface area contributed by atoms with Crippen molar-refractivity contribution in [3.05, 3.63) is 27.4 Å². The Balaban J connectivity index is 2.50. The van der Waals surface area contributed by atoms with Crippen LogP contribution in [0.5, 0.6) is 0 Å². The van der Waals surface area contributed by atoms with E-state index in [9.17, 15) is 4.79 Å². The van der Waals surface area contributed by atoms with Gasteiger partial charge in [0.05, 0.1) is 5.69 Å². The molecule has 90 valence electrons. The summed E-state index contributed by atoms with van der Waals surface area (Å²) >= 11 is 4.34. The Morgan fingerprint density at radius 1 is 1.53 bits per heavy atom. The molecular weight excluding hydrogens is 306 g/mol. The highest BCUT2D eigenvalue weighted by Crippen LogP contribution is 2.33. The second-order valence-electron chi connectivity index (χ2n) is 3.80. The first kappa shape index (κ1) is 12.3. The minimum atomic E-state index is -0.942. The van der Waals surface area contributed by atoms with Gasteiger partial charge in [-0.1, -0.05) is 13.8 Å². The summed E-state index contributed by atoms with van der Waals surface area (Å²) < 4.78 is 5.97. The van der Waals surface area contributed by atoms with E-state index in [2.05, 4.69) is 20.9 Å². The molecular formula is C11H10BrNO3S. The van der Waals surface area contributed by atoms with Gasteiger partial charge in [0.25, 0.3) is 0 Å². The molecule has 0 atom stereocenters. The molecule has 1 N–H and O–H groups in total. The third-order valence-corrected chi connectivity index (χ3v) is 3.68. The van der Waals surface area contributed by atoms with Crippen LogP contribution in [-0.2, 0) is 0 Å². The molecule has 6 heteroatoms. The molecule has 4 nitrogen and oxygen atoms in total. The number of furan rings is 1. The fraction of sp³-hybridized carbons (Fsp3) is 0.273. The van der Waals surface area contributed by atoms with Crippen molar-refractivity contribution in [3.63, 3.8) is 0 Å². The van der Waals surface area contributed by atoms with Crippen molar-refractivity contribution in [1.82, 2.24) is 4.98 Å².